The lowest BCUT2D eigenvalue weighted by Crippen LogP contribution is -2.46. The average molecular weight is 315 g/mol. The van der Waals surface area contributed by atoms with E-state index >= 15 is 0 Å². The predicted molar refractivity (Wildman–Crippen MR) is 82.9 cm³/mol. The van der Waals surface area contributed by atoms with E-state index in [1.807, 2.05) is 6.92 Å². The van der Waals surface area contributed by atoms with Crippen LogP contribution in [0.25, 0.3) is 0 Å². The Kier molecular flexibility index (Phi) is 5.72. The van der Waals surface area contributed by atoms with Gasteiger partial charge >= 0.3 is 0 Å². The van der Waals surface area contributed by atoms with Gasteiger partial charge in [-0.25, -0.2) is 0 Å². The first-order valence-electron chi connectivity index (χ1n) is 6.66. The van der Waals surface area contributed by atoms with E-state index in [-0.39, 0.29) is 11.9 Å². The standard InChI is InChI=1S/C14H19ClN2O2S/c1-10(9-17-4-6-19-7-5-17)16-14(18)12-8-11(20)2-3-13(12)15/h2-3,8,10,20H,4-7,9H2,1H3,(H,16,18). The highest BCUT2D eigenvalue weighted by atomic mass is 35.5. The molecule has 1 N–H and O–H groups in total. The van der Waals surface area contributed by atoms with Crippen LogP contribution in [0, 0.1) is 0 Å². The lowest BCUT2D eigenvalue weighted by molar-refractivity contribution is 0.0342. The summed E-state index contributed by atoms with van der Waals surface area (Å²) >= 11 is 10.3. The second kappa shape index (κ2) is 7.31. The Morgan fingerprint density at radius 1 is 1.50 bits per heavy atom. The number of hydrogen-bond donors (Lipinski definition) is 2. The SMILES string of the molecule is CC(CN1CCOCC1)NC(=O)c1cc(S)ccc1Cl. The summed E-state index contributed by atoms with van der Waals surface area (Å²) in [5.74, 6) is -0.161. The molecule has 2 rings (SSSR count). The number of morpholine rings is 1. The molecule has 6 heteroatoms. The Bertz CT molecular complexity index is 478. The topological polar surface area (TPSA) is 41.6 Å². The van der Waals surface area contributed by atoms with E-state index in [2.05, 4.69) is 22.8 Å². The van der Waals surface area contributed by atoms with Crippen molar-refractivity contribution in [2.45, 2.75) is 17.9 Å². The number of rotatable bonds is 4. The molecule has 0 bridgehead atoms. The zero-order valence-corrected chi connectivity index (χ0v) is 13.1. The van der Waals surface area contributed by atoms with Gasteiger partial charge in [0.2, 0.25) is 0 Å². The molecule has 0 saturated carbocycles. The summed E-state index contributed by atoms with van der Waals surface area (Å²) in [6.45, 7) is 6.14. The van der Waals surface area contributed by atoms with Crippen LogP contribution in [-0.4, -0.2) is 49.7 Å². The van der Waals surface area contributed by atoms with Crippen LogP contribution in [0.4, 0.5) is 0 Å². The molecule has 0 aliphatic carbocycles. The molecular formula is C14H19ClN2O2S. The number of halogens is 1. The van der Waals surface area contributed by atoms with Crippen LogP contribution in [0.2, 0.25) is 5.02 Å². The Hall–Kier alpha value is -0.750. The number of amides is 1. The van der Waals surface area contributed by atoms with Gasteiger partial charge in [0.25, 0.3) is 5.91 Å². The molecule has 1 fully saturated rings. The van der Waals surface area contributed by atoms with Gasteiger partial charge in [-0.15, -0.1) is 12.6 Å². The van der Waals surface area contributed by atoms with Gasteiger partial charge in [-0.2, -0.15) is 0 Å². The summed E-state index contributed by atoms with van der Waals surface area (Å²) in [5.41, 5.74) is 0.466. The number of nitrogens with zero attached hydrogens (tertiary/aromatic N) is 1. The van der Waals surface area contributed by atoms with E-state index in [1.54, 1.807) is 18.2 Å². The van der Waals surface area contributed by atoms with E-state index < -0.39 is 0 Å². The van der Waals surface area contributed by atoms with Crippen molar-refractivity contribution >= 4 is 30.1 Å². The van der Waals surface area contributed by atoms with Crippen molar-refractivity contribution in [3.05, 3.63) is 28.8 Å². The zero-order valence-electron chi connectivity index (χ0n) is 11.4. The molecule has 1 heterocycles. The molecular weight excluding hydrogens is 296 g/mol. The third-order valence-electron chi connectivity index (χ3n) is 3.21. The van der Waals surface area contributed by atoms with Crippen molar-refractivity contribution in [1.29, 1.82) is 0 Å². The number of nitrogens with one attached hydrogen (secondary N) is 1. The third kappa shape index (κ3) is 4.38. The minimum Gasteiger partial charge on any atom is -0.379 e. The van der Waals surface area contributed by atoms with Crippen LogP contribution in [0.1, 0.15) is 17.3 Å². The molecule has 4 nitrogen and oxygen atoms in total. The first-order valence-corrected chi connectivity index (χ1v) is 7.48. The van der Waals surface area contributed by atoms with Gasteiger partial charge in [0.15, 0.2) is 0 Å². The molecule has 1 aliphatic rings. The fraction of sp³-hybridized carbons (Fsp3) is 0.500. The molecule has 1 saturated heterocycles. The quantitative estimate of drug-likeness (QED) is 0.836. The van der Waals surface area contributed by atoms with Crippen LogP contribution < -0.4 is 5.32 Å². The van der Waals surface area contributed by atoms with Crippen LogP contribution in [-0.2, 0) is 4.74 Å². The Balaban J connectivity index is 1.91. The fourth-order valence-corrected chi connectivity index (χ4v) is 2.61. The highest BCUT2D eigenvalue weighted by Crippen LogP contribution is 2.19. The van der Waals surface area contributed by atoms with Crippen molar-refractivity contribution < 1.29 is 9.53 Å². The number of thiol groups is 1. The lowest BCUT2D eigenvalue weighted by Gasteiger charge is -2.29. The van der Waals surface area contributed by atoms with Gasteiger partial charge in [0.05, 0.1) is 23.8 Å². The highest BCUT2D eigenvalue weighted by Gasteiger charge is 2.17. The van der Waals surface area contributed by atoms with Gasteiger partial charge < -0.3 is 10.1 Å². The minimum atomic E-state index is -0.161. The summed E-state index contributed by atoms with van der Waals surface area (Å²) in [5, 5.41) is 3.42. The second-order valence-electron chi connectivity index (χ2n) is 4.95. The first-order chi connectivity index (χ1) is 9.56. The molecule has 0 aromatic heterocycles. The Morgan fingerprint density at radius 2 is 2.20 bits per heavy atom. The smallest absolute Gasteiger partial charge is 0.253 e. The largest absolute Gasteiger partial charge is 0.379 e. The zero-order chi connectivity index (χ0) is 14.5. The maximum atomic E-state index is 12.2. The normalized spacial score (nSPS) is 17.8. The van der Waals surface area contributed by atoms with Gasteiger partial charge in [0.1, 0.15) is 0 Å². The number of carbonyl (C=O) groups excluding carboxylic acids is 1. The molecule has 1 unspecified atom stereocenters. The lowest BCUT2D eigenvalue weighted by atomic mass is 10.2. The maximum absolute atomic E-state index is 12.2. The molecule has 1 aliphatic heterocycles. The predicted octanol–water partition coefficient (Wildman–Crippen LogP) is 2.08. The summed E-state index contributed by atoms with van der Waals surface area (Å²) < 4.78 is 5.31. The second-order valence-corrected chi connectivity index (χ2v) is 5.88. The summed E-state index contributed by atoms with van der Waals surface area (Å²) in [7, 11) is 0. The van der Waals surface area contributed by atoms with Crippen molar-refractivity contribution in [3.8, 4) is 0 Å². The molecule has 0 radical (unpaired) electrons. The number of hydrogen-bond acceptors (Lipinski definition) is 4. The molecule has 0 spiro atoms. The molecule has 1 aromatic carbocycles. The van der Waals surface area contributed by atoms with Crippen LogP contribution in [0.3, 0.4) is 0 Å². The van der Waals surface area contributed by atoms with Crippen molar-refractivity contribution in [2.75, 3.05) is 32.8 Å². The van der Waals surface area contributed by atoms with Crippen molar-refractivity contribution in [3.63, 3.8) is 0 Å². The van der Waals surface area contributed by atoms with E-state index in [4.69, 9.17) is 16.3 Å². The molecule has 1 aromatic rings. The van der Waals surface area contributed by atoms with E-state index in [0.29, 0.717) is 10.6 Å². The van der Waals surface area contributed by atoms with Gasteiger partial charge in [-0.1, -0.05) is 11.6 Å². The van der Waals surface area contributed by atoms with E-state index in [1.165, 1.54) is 0 Å². The van der Waals surface area contributed by atoms with E-state index in [9.17, 15) is 4.79 Å². The monoisotopic (exact) mass is 314 g/mol. The number of ether oxygens (including phenoxy) is 1. The van der Waals surface area contributed by atoms with Crippen molar-refractivity contribution in [1.82, 2.24) is 10.2 Å². The third-order valence-corrected chi connectivity index (χ3v) is 3.82. The fourth-order valence-electron chi connectivity index (χ4n) is 2.21. The van der Waals surface area contributed by atoms with Crippen LogP contribution >= 0.6 is 24.2 Å². The maximum Gasteiger partial charge on any atom is 0.253 e. The first kappa shape index (κ1) is 15.6. The number of carbonyl (C=O) groups is 1. The summed E-state index contributed by atoms with van der Waals surface area (Å²) in [6, 6.07) is 5.19. The van der Waals surface area contributed by atoms with E-state index in [0.717, 1.165) is 37.7 Å². The van der Waals surface area contributed by atoms with Crippen molar-refractivity contribution in [2.24, 2.45) is 0 Å². The Labute approximate surface area is 129 Å². The van der Waals surface area contributed by atoms with Gasteiger partial charge in [-0.05, 0) is 25.1 Å². The number of benzene rings is 1. The van der Waals surface area contributed by atoms with Gasteiger partial charge in [0, 0.05) is 30.6 Å². The highest BCUT2D eigenvalue weighted by molar-refractivity contribution is 7.80. The summed E-state index contributed by atoms with van der Waals surface area (Å²) in [6.07, 6.45) is 0. The Morgan fingerprint density at radius 3 is 2.90 bits per heavy atom. The van der Waals surface area contributed by atoms with Crippen LogP contribution in [0.15, 0.2) is 23.1 Å². The van der Waals surface area contributed by atoms with Gasteiger partial charge in [-0.3, -0.25) is 9.69 Å². The van der Waals surface area contributed by atoms with Crippen LogP contribution in [0.5, 0.6) is 0 Å². The molecule has 110 valence electrons. The average Bonchev–Trinajstić information content (AvgIpc) is 2.42. The minimum absolute atomic E-state index is 0.0558. The molecule has 1 amide bonds. The molecule has 20 heavy (non-hydrogen) atoms. The summed E-state index contributed by atoms with van der Waals surface area (Å²) in [4.78, 5) is 15.2. The molecule has 1 atom stereocenters.